The number of rotatable bonds is 19. The van der Waals surface area contributed by atoms with Crippen molar-refractivity contribution in [2.75, 3.05) is 34.2 Å². The van der Waals surface area contributed by atoms with Crippen LogP contribution in [0.4, 0.5) is 4.79 Å². The van der Waals surface area contributed by atoms with Gasteiger partial charge in [0.15, 0.2) is 0 Å². The van der Waals surface area contributed by atoms with Crippen molar-refractivity contribution in [3.8, 4) is 5.75 Å². The van der Waals surface area contributed by atoms with Crippen molar-refractivity contribution < 1.29 is 32.3 Å². The van der Waals surface area contributed by atoms with E-state index in [4.69, 9.17) is 15.2 Å². The Hall–Kier alpha value is -6.19. The number of sulfonamides is 1. The Balaban J connectivity index is 1.27. The minimum absolute atomic E-state index is 0.0466. The van der Waals surface area contributed by atoms with E-state index in [0.717, 1.165) is 28.0 Å². The van der Waals surface area contributed by atoms with Gasteiger partial charge in [-0.15, -0.1) is 0 Å². The number of carbonyl (C=O) groups is 3. The van der Waals surface area contributed by atoms with Crippen LogP contribution in [0.15, 0.2) is 113 Å². The molecule has 5 rings (SSSR count). The first-order chi connectivity index (χ1) is 31.6. The van der Waals surface area contributed by atoms with Gasteiger partial charge in [-0.2, -0.15) is 0 Å². The molecule has 0 bridgehead atoms. The molecule has 2 unspecified atom stereocenters. The molecule has 0 saturated carbocycles. The lowest BCUT2D eigenvalue weighted by molar-refractivity contribution is -0.123. The number of fused-ring (bicyclic) bond motifs is 1. The van der Waals surface area contributed by atoms with Gasteiger partial charge >= 0.3 is 6.09 Å². The molecule has 0 radical (unpaired) electrons. The Kier molecular flexibility index (Phi) is 17.1. The topological polar surface area (TPSA) is 185 Å². The summed E-state index contributed by atoms with van der Waals surface area (Å²) in [6.07, 6.45) is 2.85. The van der Waals surface area contributed by atoms with E-state index in [1.165, 1.54) is 4.90 Å². The maximum atomic E-state index is 14.1. The number of likely N-dealkylation sites (N-methyl/N-ethyl adjacent to an activating group) is 1. The number of guanidine groups is 1. The number of nitrogens with zero attached hydrogens (tertiary/aromatic N) is 3. The number of nitrogens with one attached hydrogen (secondary N) is 3. The third kappa shape index (κ3) is 12.2. The summed E-state index contributed by atoms with van der Waals surface area (Å²) in [5.41, 5.74) is 9.98. The van der Waals surface area contributed by atoms with Crippen molar-refractivity contribution in [2.45, 2.75) is 115 Å². The second kappa shape index (κ2) is 22.1. The average molecular weight is 936 g/mol. The number of hydrogen-bond acceptors (Lipinski definition) is 9. The zero-order chi connectivity index (χ0) is 49.3. The average Bonchev–Trinajstić information content (AvgIpc) is 3.65. The number of carbonyl (C=O) groups excluding carboxylic acids is 3. The van der Waals surface area contributed by atoms with Crippen LogP contribution in [-0.2, 0) is 31.4 Å². The molecule has 0 spiro atoms. The standard InChI is InChI=1S/C52H69N7O7S/c1-12-44(52(31-34(2)58(9)10,40-25-18-14-19-26-40)41-27-20-15-21-28-41)65-50(62)59(11)35(3)33-55-48(61)43(56-47(60)39-23-16-13-17-24-39)29-22-30-54-49(53)57-67(63,64)46-37(5)36(4)45-42(38(46)6)32-51(7,8)66-45/h12-21,23-28,34-35,43H,22,29-33H2,1-11H3,(H,55,61)(H,56,60)(H3,53,54,57)/t34?,35?,43-/m0/s1. The highest BCUT2D eigenvalue weighted by atomic mass is 32.2. The van der Waals surface area contributed by atoms with Crippen LogP contribution in [0.1, 0.15) is 97.6 Å². The minimum atomic E-state index is -4.12. The van der Waals surface area contributed by atoms with E-state index in [0.29, 0.717) is 35.3 Å². The lowest BCUT2D eigenvalue weighted by Gasteiger charge is -2.40. The van der Waals surface area contributed by atoms with Crippen LogP contribution in [0.2, 0.25) is 0 Å². The highest BCUT2D eigenvalue weighted by Gasteiger charge is 2.43. The van der Waals surface area contributed by atoms with E-state index in [1.807, 2.05) is 84.3 Å². The quantitative estimate of drug-likeness (QED) is 0.0324. The predicted molar refractivity (Wildman–Crippen MR) is 265 cm³/mol. The van der Waals surface area contributed by atoms with Crippen LogP contribution < -0.4 is 25.8 Å². The third-order valence-corrected chi connectivity index (χ3v) is 14.4. The molecule has 0 aromatic heterocycles. The monoisotopic (exact) mass is 935 g/mol. The van der Waals surface area contributed by atoms with E-state index in [9.17, 15) is 22.8 Å². The zero-order valence-electron chi connectivity index (χ0n) is 40.9. The first-order valence-electron chi connectivity index (χ1n) is 22.8. The van der Waals surface area contributed by atoms with Gasteiger partial charge in [0.25, 0.3) is 15.9 Å². The van der Waals surface area contributed by atoms with E-state index >= 15 is 0 Å². The van der Waals surface area contributed by atoms with Gasteiger partial charge in [0.2, 0.25) is 11.9 Å². The molecule has 3 atom stereocenters. The molecule has 0 saturated heterocycles. The van der Waals surface area contributed by atoms with Gasteiger partial charge in [0.1, 0.15) is 23.2 Å². The van der Waals surface area contributed by atoms with Crippen LogP contribution in [0.3, 0.4) is 0 Å². The van der Waals surface area contributed by atoms with E-state index in [2.05, 4.69) is 56.4 Å². The van der Waals surface area contributed by atoms with Crippen molar-refractivity contribution in [1.29, 1.82) is 0 Å². The summed E-state index contributed by atoms with van der Waals surface area (Å²) in [5.74, 6) is -0.0214. The second-order valence-corrected chi connectivity index (χ2v) is 20.0. The SMILES string of the molecule is CC=C(OC(=O)N(C)C(C)CNC(=O)[C@H](CCCN=C(N)NS(=O)(=O)c1c(C)c(C)c2c(c1C)CC(C)(C)O2)NC(=O)c1ccccc1)C(CC(C)N(C)C)(c1ccccc1)c1ccccc1. The molecule has 1 aliphatic rings. The predicted octanol–water partition coefficient (Wildman–Crippen LogP) is 7.30. The van der Waals surface area contributed by atoms with Crippen LogP contribution in [-0.4, -0.2) is 100 Å². The summed E-state index contributed by atoms with van der Waals surface area (Å²) in [5, 5.41) is 5.75. The summed E-state index contributed by atoms with van der Waals surface area (Å²) in [7, 11) is 1.56. The van der Waals surface area contributed by atoms with Gasteiger partial charge in [-0.3, -0.25) is 14.6 Å². The molecule has 0 aliphatic carbocycles. The third-order valence-electron chi connectivity index (χ3n) is 12.8. The molecule has 67 heavy (non-hydrogen) atoms. The van der Waals surface area contributed by atoms with Crippen LogP contribution >= 0.6 is 0 Å². The maximum Gasteiger partial charge on any atom is 0.414 e. The fourth-order valence-electron chi connectivity index (χ4n) is 8.57. The van der Waals surface area contributed by atoms with Gasteiger partial charge < -0.3 is 35.6 Å². The smallest absolute Gasteiger partial charge is 0.414 e. The molecule has 14 nitrogen and oxygen atoms in total. The lowest BCUT2D eigenvalue weighted by atomic mass is 9.68. The summed E-state index contributed by atoms with van der Waals surface area (Å²) < 4.78 is 42.4. The van der Waals surface area contributed by atoms with Gasteiger partial charge in [-0.25, -0.2) is 17.9 Å². The number of nitrogens with two attached hydrogens (primary N) is 1. The Morgan fingerprint density at radius 1 is 0.881 bits per heavy atom. The Morgan fingerprint density at radius 3 is 2.00 bits per heavy atom. The van der Waals surface area contributed by atoms with Crippen LogP contribution in [0, 0.1) is 20.8 Å². The number of aliphatic imine (C=N–C) groups is 1. The van der Waals surface area contributed by atoms with Crippen molar-refractivity contribution in [3.63, 3.8) is 0 Å². The molecule has 360 valence electrons. The van der Waals surface area contributed by atoms with Crippen molar-refractivity contribution >= 4 is 33.9 Å². The summed E-state index contributed by atoms with van der Waals surface area (Å²) in [6.45, 7) is 15.2. The number of allylic oxidation sites excluding steroid dienone is 2. The molecule has 1 aliphatic heterocycles. The molecule has 1 heterocycles. The number of amides is 3. The molecule has 5 N–H and O–H groups in total. The molecule has 4 aromatic carbocycles. The van der Waals surface area contributed by atoms with Gasteiger partial charge in [0, 0.05) is 49.8 Å². The number of ether oxygens (including phenoxy) is 2. The Labute approximate surface area is 397 Å². The highest BCUT2D eigenvalue weighted by molar-refractivity contribution is 7.90. The van der Waals surface area contributed by atoms with Crippen molar-refractivity contribution in [3.05, 3.63) is 142 Å². The normalized spacial score (nSPS) is 15.2. The molecule has 4 aromatic rings. The maximum absolute atomic E-state index is 14.1. The fraction of sp³-hybridized carbons (Fsp3) is 0.423. The molecule has 15 heteroatoms. The lowest BCUT2D eigenvalue weighted by Crippen LogP contribution is -2.50. The Morgan fingerprint density at radius 2 is 1.45 bits per heavy atom. The van der Waals surface area contributed by atoms with Crippen LogP contribution in [0.5, 0.6) is 5.75 Å². The van der Waals surface area contributed by atoms with E-state index < -0.39 is 51.0 Å². The second-order valence-electron chi connectivity index (χ2n) is 18.3. The minimum Gasteiger partial charge on any atom is -0.487 e. The van der Waals surface area contributed by atoms with E-state index in [-0.39, 0.29) is 42.8 Å². The summed E-state index contributed by atoms with van der Waals surface area (Å²) in [6, 6.07) is 27.2. The van der Waals surface area contributed by atoms with Crippen molar-refractivity contribution in [2.24, 2.45) is 10.7 Å². The molecule has 0 fully saturated rings. The largest absolute Gasteiger partial charge is 0.487 e. The van der Waals surface area contributed by atoms with Crippen molar-refractivity contribution in [1.82, 2.24) is 25.2 Å². The summed E-state index contributed by atoms with van der Waals surface area (Å²) >= 11 is 0. The Bertz CT molecular complexity index is 2510. The van der Waals surface area contributed by atoms with Gasteiger partial charge in [-0.1, -0.05) is 78.9 Å². The number of hydrogen-bond donors (Lipinski definition) is 4. The zero-order valence-corrected chi connectivity index (χ0v) is 41.7. The van der Waals surface area contributed by atoms with Crippen LogP contribution in [0.25, 0.3) is 0 Å². The molecular weight excluding hydrogens is 867 g/mol. The first-order valence-corrected chi connectivity index (χ1v) is 24.3. The van der Waals surface area contributed by atoms with Gasteiger partial charge in [0.05, 0.1) is 10.3 Å². The van der Waals surface area contributed by atoms with E-state index in [1.54, 1.807) is 58.2 Å². The number of benzene rings is 4. The summed E-state index contributed by atoms with van der Waals surface area (Å²) in [4.78, 5) is 49.3. The fourth-order valence-corrected chi connectivity index (χ4v) is 10.1. The highest BCUT2D eigenvalue weighted by Crippen LogP contribution is 2.45. The molecular formula is C52H69N7O7S. The van der Waals surface area contributed by atoms with Gasteiger partial charge in [-0.05, 0) is 135 Å². The molecule has 3 amide bonds. The first kappa shape index (κ1) is 51.8.